The Hall–Kier alpha value is -2.18. The topological polar surface area (TPSA) is 68.2 Å². The molecule has 0 radical (unpaired) electrons. The zero-order valence-electron chi connectivity index (χ0n) is 14.9. The van der Waals surface area contributed by atoms with Crippen LogP contribution in [0.5, 0.6) is 0 Å². The molecule has 0 spiro atoms. The van der Waals surface area contributed by atoms with Gasteiger partial charge >= 0.3 is 0 Å². The quantitative estimate of drug-likeness (QED) is 0.842. The van der Waals surface area contributed by atoms with Crippen molar-refractivity contribution in [3.05, 3.63) is 47.8 Å². The third-order valence-electron chi connectivity index (χ3n) is 4.86. The van der Waals surface area contributed by atoms with Gasteiger partial charge in [0.2, 0.25) is 0 Å². The molecule has 1 aromatic carbocycles. The molecule has 6 nitrogen and oxygen atoms in total. The number of nitrogens with one attached hydrogen (secondary N) is 2. The molecule has 134 valence electrons. The maximum Gasteiger partial charge on any atom is 0.251 e. The number of rotatable bonds is 6. The summed E-state index contributed by atoms with van der Waals surface area (Å²) in [6.07, 6.45) is 3.94. The van der Waals surface area contributed by atoms with Crippen molar-refractivity contribution in [2.24, 2.45) is 5.41 Å². The second kappa shape index (κ2) is 7.80. The van der Waals surface area contributed by atoms with E-state index >= 15 is 0 Å². The van der Waals surface area contributed by atoms with Crippen LogP contribution in [0.3, 0.4) is 0 Å². The van der Waals surface area contributed by atoms with E-state index in [-0.39, 0.29) is 11.3 Å². The standard InChI is InChI=1S/C19H26N4O2/c1-15-7-12-23(22-15)17-5-3-16(4-6-17)18(24)21-13-19(14-25-2)8-10-20-11-9-19/h3-7,12,20H,8-11,13-14H2,1-2H3,(H,21,24). The monoisotopic (exact) mass is 342 g/mol. The first kappa shape index (κ1) is 17.6. The molecule has 1 saturated heterocycles. The largest absolute Gasteiger partial charge is 0.384 e. The average Bonchev–Trinajstić information content (AvgIpc) is 3.07. The average molecular weight is 342 g/mol. The van der Waals surface area contributed by atoms with Gasteiger partial charge in [0.15, 0.2) is 0 Å². The normalized spacial score (nSPS) is 16.6. The van der Waals surface area contributed by atoms with Crippen LogP contribution in [0.2, 0.25) is 0 Å². The molecule has 0 aliphatic carbocycles. The molecule has 0 unspecified atom stereocenters. The molecule has 1 aliphatic heterocycles. The Morgan fingerprint density at radius 1 is 1.28 bits per heavy atom. The predicted octanol–water partition coefficient (Wildman–Crippen LogP) is 1.93. The van der Waals surface area contributed by atoms with Crippen molar-refractivity contribution in [1.29, 1.82) is 0 Å². The number of carbonyl (C=O) groups excluding carboxylic acids is 1. The molecule has 6 heteroatoms. The van der Waals surface area contributed by atoms with E-state index in [4.69, 9.17) is 4.74 Å². The van der Waals surface area contributed by atoms with E-state index in [0.717, 1.165) is 37.3 Å². The van der Waals surface area contributed by atoms with E-state index in [2.05, 4.69) is 15.7 Å². The van der Waals surface area contributed by atoms with Gasteiger partial charge < -0.3 is 15.4 Å². The van der Waals surface area contributed by atoms with Gasteiger partial charge in [0, 0.05) is 30.8 Å². The van der Waals surface area contributed by atoms with Crippen molar-refractivity contribution in [3.63, 3.8) is 0 Å². The maximum absolute atomic E-state index is 12.5. The number of aryl methyl sites for hydroxylation is 1. The molecule has 1 fully saturated rings. The van der Waals surface area contributed by atoms with E-state index in [0.29, 0.717) is 18.7 Å². The van der Waals surface area contributed by atoms with Crippen molar-refractivity contribution in [2.75, 3.05) is 33.4 Å². The number of amides is 1. The molecule has 3 rings (SSSR count). The summed E-state index contributed by atoms with van der Waals surface area (Å²) in [5.74, 6) is -0.0443. The van der Waals surface area contributed by atoms with Gasteiger partial charge in [0.05, 0.1) is 18.0 Å². The highest BCUT2D eigenvalue weighted by molar-refractivity contribution is 5.94. The summed E-state index contributed by atoms with van der Waals surface area (Å²) < 4.78 is 7.21. The molecule has 2 heterocycles. The molecule has 2 aromatic rings. The fourth-order valence-corrected chi connectivity index (χ4v) is 3.33. The summed E-state index contributed by atoms with van der Waals surface area (Å²) in [4.78, 5) is 12.5. The van der Waals surface area contributed by atoms with E-state index in [1.165, 1.54) is 0 Å². The Morgan fingerprint density at radius 3 is 2.60 bits per heavy atom. The van der Waals surface area contributed by atoms with Crippen LogP contribution in [0.25, 0.3) is 5.69 Å². The Morgan fingerprint density at radius 2 is 2.00 bits per heavy atom. The van der Waals surface area contributed by atoms with Gasteiger partial charge in [-0.1, -0.05) is 0 Å². The minimum absolute atomic E-state index is 0.0299. The van der Waals surface area contributed by atoms with Crippen LogP contribution in [0.15, 0.2) is 36.5 Å². The highest BCUT2D eigenvalue weighted by Gasteiger charge is 2.32. The molecule has 25 heavy (non-hydrogen) atoms. The molecule has 1 aliphatic rings. The Bertz CT molecular complexity index is 697. The summed E-state index contributed by atoms with van der Waals surface area (Å²) in [5, 5.41) is 10.8. The molecular formula is C19H26N4O2. The predicted molar refractivity (Wildman–Crippen MR) is 97.0 cm³/mol. The van der Waals surface area contributed by atoms with Gasteiger partial charge in [-0.05, 0) is 63.2 Å². The van der Waals surface area contributed by atoms with Crippen molar-refractivity contribution >= 4 is 5.91 Å². The molecule has 0 atom stereocenters. The molecule has 2 N–H and O–H groups in total. The summed E-state index contributed by atoms with van der Waals surface area (Å²) in [5.41, 5.74) is 2.60. The van der Waals surface area contributed by atoms with Gasteiger partial charge in [-0.25, -0.2) is 4.68 Å². The number of hydrogen-bond acceptors (Lipinski definition) is 4. The number of ether oxygens (including phenoxy) is 1. The fraction of sp³-hybridized carbons (Fsp3) is 0.474. The number of aromatic nitrogens is 2. The van der Waals surface area contributed by atoms with Gasteiger partial charge in [-0.3, -0.25) is 4.79 Å². The zero-order chi connectivity index (χ0) is 17.7. The van der Waals surface area contributed by atoms with Crippen LogP contribution in [0.1, 0.15) is 28.9 Å². The fourth-order valence-electron chi connectivity index (χ4n) is 3.33. The summed E-state index contributed by atoms with van der Waals surface area (Å²) in [6.45, 7) is 5.21. The summed E-state index contributed by atoms with van der Waals surface area (Å²) >= 11 is 0. The van der Waals surface area contributed by atoms with Gasteiger partial charge in [0.25, 0.3) is 5.91 Å². The highest BCUT2D eigenvalue weighted by atomic mass is 16.5. The van der Waals surface area contributed by atoms with Crippen LogP contribution < -0.4 is 10.6 Å². The lowest BCUT2D eigenvalue weighted by Crippen LogP contribution is -2.47. The number of hydrogen-bond donors (Lipinski definition) is 2. The third-order valence-corrected chi connectivity index (χ3v) is 4.86. The van der Waals surface area contributed by atoms with Crippen LogP contribution in [0, 0.1) is 12.3 Å². The SMILES string of the molecule is COCC1(CNC(=O)c2ccc(-n3ccc(C)n3)cc2)CCNCC1. The van der Waals surface area contributed by atoms with Crippen molar-refractivity contribution in [1.82, 2.24) is 20.4 Å². The van der Waals surface area contributed by atoms with E-state index in [1.54, 1.807) is 11.8 Å². The first-order valence-corrected chi connectivity index (χ1v) is 8.72. The molecule has 0 bridgehead atoms. The number of carbonyl (C=O) groups is 1. The van der Waals surface area contributed by atoms with Gasteiger partial charge in [-0.15, -0.1) is 0 Å². The van der Waals surface area contributed by atoms with Crippen LogP contribution in [-0.4, -0.2) is 49.0 Å². The van der Waals surface area contributed by atoms with Gasteiger partial charge in [-0.2, -0.15) is 5.10 Å². The summed E-state index contributed by atoms with van der Waals surface area (Å²) in [6, 6.07) is 9.46. The summed E-state index contributed by atoms with van der Waals surface area (Å²) in [7, 11) is 1.72. The lowest BCUT2D eigenvalue weighted by atomic mass is 9.79. The van der Waals surface area contributed by atoms with Crippen LogP contribution in [0.4, 0.5) is 0 Å². The van der Waals surface area contributed by atoms with E-state index in [1.807, 2.05) is 43.5 Å². The van der Waals surface area contributed by atoms with Gasteiger partial charge in [0.1, 0.15) is 0 Å². The minimum Gasteiger partial charge on any atom is -0.384 e. The Balaban J connectivity index is 1.62. The number of benzene rings is 1. The van der Waals surface area contributed by atoms with Crippen LogP contribution in [-0.2, 0) is 4.74 Å². The number of piperidine rings is 1. The molecule has 1 aromatic heterocycles. The smallest absolute Gasteiger partial charge is 0.251 e. The molecule has 1 amide bonds. The van der Waals surface area contributed by atoms with Crippen molar-refractivity contribution in [2.45, 2.75) is 19.8 Å². The minimum atomic E-state index is -0.0443. The first-order valence-electron chi connectivity index (χ1n) is 8.72. The van der Waals surface area contributed by atoms with E-state index < -0.39 is 0 Å². The maximum atomic E-state index is 12.5. The number of methoxy groups -OCH3 is 1. The highest BCUT2D eigenvalue weighted by Crippen LogP contribution is 2.28. The first-order chi connectivity index (χ1) is 12.1. The zero-order valence-corrected chi connectivity index (χ0v) is 14.9. The lowest BCUT2D eigenvalue weighted by Gasteiger charge is -2.37. The lowest BCUT2D eigenvalue weighted by molar-refractivity contribution is 0.0512. The van der Waals surface area contributed by atoms with Crippen LogP contribution >= 0.6 is 0 Å². The second-order valence-corrected chi connectivity index (χ2v) is 6.81. The Labute approximate surface area is 148 Å². The second-order valence-electron chi connectivity index (χ2n) is 6.81. The Kier molecular flexibility index (Phi) is 5.50. The van der Waals surface area contributed by atoms with E-state index in [9.17, 15) is 4.79 Å². The number of nitrogens with zero attached hydrogens (tertiary/aromatic N) is 2. The third kappa shape index (κ3) is 4.27. The molecule has 0 saturated carbocycles. The van der Waals surface area contributed by atoms with Crippen molar-refractivity contribution in [3.8, 4) is 5.69 Å². The van der Waals surface area contributed by atoms with Crippen molar-refractivity contribution < 1.29 is 9.53 Å². The molecular weight excluding hydrogens is 316 g/mol.